The first-order chi connectivity index (χ1) is 12.5. The van der Waals surface area contributed by atoms with Gasteiger partial charge in [0.25, 0.3) is 0 Å². The topological polar surface area (TPSA) is 86.0 Å². The average Bonchev–Trinajstić information content (AvgIpc) is 3.33. The number of ether oxygens (including phenoxy) is 2. The van der Waals surface area contributed by atoms with Crippen molar-refractivity contribution in [3.63, 3.8) is 0 Å². The summed E-state index contributed by atoms with van der Waals surface area (Å²) in [6.45, 7) is 2.26. The van der Waals surface area contributed by atoms with Crippen molar-refractivity contribution in [2.45, 2.75) is 51.2 Å². The Kier molecular flexibility index (Phi) is 3.36. The summed E-state index contributed by atoms with van der Waals surface area (Å²) in [4.78, 5) is 25.6. The molecule has 4 unspecified atom stereocenters. The fourth-order valence-electron chi connectivity index (χ4n) is 6.55. The molecule has 2 saturated heterocycles. The van der Waals surface area contributed by atoms with Gasteiger partial charge in [0, 0.05) is 17.4 Å². The molecule has 7 atom stereocenters. The maximum absolute atomic E-state index is 13.2. The van der Waals surface area contributed by atoms with Crippen molar-refractivity contribution < 1.29 is 28.6 Å². The fourth-order valence-corrected chi connectivity index (χ4v) is 6.55. The van der Waals surface area contributed by atoms with Crippen molar-refractivity contribution >= 4 is 11.9 Å². The molecule has 4 aliphatic rings. The lowest BCUT2D eigenvalue weighted by Crippen LogP contribution is -2.63. The summed E-state index contributed by atoms with van der Waals surface area (Å²) in [5.74, 6) is -0.805. The molecule has 5 rings (SSSR count). The molecule has 2 aliphatic carbocycles. The summed E-state index contributed by atoms with van der Waals surface area (Å²) < 4.78 is 16.4. The quantitative estimate of drug-likeness (QED) is 0.775. The van der Waals surface area contributed by atoms with Crippen LogP contribution >= 0.6 is 0 Å². The van der Waals surface area contributed by atoms with Gasteiger partial charge in [0.1, 0.15) is 12.7 Å². The van der Waals surface area contributed by atoms with Crippen LogP contribution in [0.3, 0.4) is 0 Å². The molecule has 26 heavy (non-hydrogen) atoms. The Morgan fingerprint density at radius 1 is 1.27 bits per heavy atom. The first-order valence-electron chi connectivity index (χ1n) is 9.58. The zero-order valence-electron chi connectivity index (χ0n) is 14.8. The number of aliphatic hydroxyl groups excluding tert-OH is 1. The Morgan fingerprint density at radius 3 is 2.88 bits per heavy atom. The Balaban J connectivity index is 1.60. The summed E-state index contributed by atoms with van der Waals surface area (Å²) in [7, 11) is 0. The van der Waals surface area contributed by atoms with Gasteiger partial charge in [0.05, 0.1) is 30.0 Å². The largest absolute Gasteiger partial charge is 0.472 e. The Labute approximate surface area is 151 Å². The number of aliphatic hydroxyl groups is 1. The molecule has 6 nitrogen and oxygen atoms in total. The smallest absolute Gasteiger partial charge is 0.313 e. The Morgan fingerprint density at radius 2 is 2.12 bits per heavy atom. The van der Waals surface area contributed by atoms with Gasteiger partial charge in [-0.15, -0.1) is 0 Å². The van der Waals surface area contributed by atoms with Gasteiger partial charge in [-0.25, -0.2) is 0 Å². The van der Waals surface area contributed by atoms with Crippen LogP contribution in [-0.2, 0) is 19.1 Å². The summed E-state index contributed by atoms with van der Waals surface area (Å²) in [5.41, 5.74) is -0.450. The number of rotatable bonds is 1. The van der Waals surface area contributed by atoms with Crippen molar-refractivity contribution in [3.8, 4) is 0 Å². The number of carbonyl (C=O) groups is 2. The number of carbonyl (C=O) groups excluding carboxylic acids is 2. The molecule has 3 heterocycles. The maximum Gasteiger partial charge on any atom is 0.313 e. The number of hydrogen-bond acceptors (Lipinski definition) is 6. The third-order valence-electron chi connectivity index (χ3n) is 7.80. The van der Waals surface area contributed by atoms with Gasteiger partial charge in [0.15, 0.2) is 0 Å². The molecule has 0 aromatic carbocycles. The van der Waals surface area contributed by atoms with Crippen molar-refractivity contribution in [1.82, 2.24) is 0 Å². The second kappa shape index (κ2) is 5.35. The van der Waals surface area contributed by atoms with Gasteiger partial charge in [-0.1, -0.05) is 13.3 Å². The number of hydrogen-bond donors (Lipinski definition) is 1. The minimum absolute atomic E-state index is 0.00743. The monoisotopic (exact) mass is 360 g/mol. The molecule has 4 fully saturated rings. The van der Waals surface area contributed by atoms with Crippen molar-refractivity contribution in [2.75, 3.05) is 6.61 Å². The Bertz CT molecular complexity index is 741. The number of esters is 2. The molecule has 2 spiro atoms. The highest BCUT2D eigenvalue weighted by atomic mass is 16.6. The molecule has 0 bridgehead atoms. The van der Waals surface area contributed by atoms with E-state index in [9.17, 15) is 14.7 Å². The Hall–Kier alpha value is -1.82. The van der Waals surface area contributed by atoms with Crippen molar-refractivity contribution in [3.05, 3.63) is 24.2 Å². The van der Waals surface area contributed by atoms with Gasteiger partial charge in [0.2, 0.25) is 0 Å². The van der Waals surface area contributed by atoms with Crippen LogP contribution in [0.25, 0.3) is 0 Å². The molecule has 140 valence electrons. The highest BCUT2D eigenvalue weighted by Crippen LogP contribution is 2.68. The number of cyclic esters (lactones) is 2. The number of furan rings is 1. The minimum atomic E-state index is -0.673. The van der Waals surface area contributed by atoms with Crippen LogP contribution in [0.5, 0.6) is 0 Å². The standard InChI is InChI=1S/C20H24O6/c1-11-7-16(21)20-10-25-17(22)13(20)3-2-4-15(20)19(11)8-14(26-18(19)23)12-5-6-24-9-12/h5-6,9,11,13-16,21H,2-4,7-8,10H2,1H3/t11?,13-,14?,15?,16?,19+,20-/m0/s1. The molecule has 1 aromatic heterocycles. The van der Waals surface area contributed by atoms with E-state index in [4.69, 9.17) is 13.9 Å². The minimum Gasteiger partial charge on any atom is -0.472 e. The molecule has 0 radical (unpaired) electrons. The molecular weight excluding hydrogens is 336 g/mol. The van der Waals surface area contributed by atoms with E-state index < -0.39 is 16.9 Å². The van der Waals surface area contributed by atoms with Crippen LogP contribution in [0.4, 0.5) is 0 Å². The van der Waals surface area contributed by atoms with E-state index in [-0.39, 0.29) is 42.4 Å². The average molecular weight is 360 g/mol. The van der Waals surface area contributed by atoms with E-state index >= 15 is 0 Å². The zero-order chi connectivity index (χ0) is 18.1. The summed E-state index contributed by atoms with van der Waals surface area (Å²) in [6, 6.07) is 1.83. The van der Waals surface area contributed by atoms with Gasteiger partial charge in [-0.2, -0.15) is 0 Å². The first-order valence-corrected chi connectivity index (χ1v) is 9.58. The normalized spacial score (nSPS) is 47.4. The van der Waals surface area contributed by atoms with Crippen LogP contribution in [0.15, 0.2) is 23.0 Å². The predicted molar refractivity (Wildman–Crippen MR) is 88.6 cm³/mol. The van der Waals surface area contributed by atoms with E-state index in [1.165, 1.54) is 0 Å². The molecule has 1 N–H and O–H groups in total. The van der Waals surface area contributed by atoms with Gasteiger partial charge in [-0.05, 0) is 37.2 Å². The number of fused-ring (bicyclic) bond motifs is 1. The van der Waals surface area contributed by atoms with Crippen LogP contribution in [0.1, 0.15) is 50.7 Å². The molecule has 1 aromatic rings. The van der Waals surface area contributed by atoms with Crippen LogP contribution in [0.2, 0.25) is 0 Å². The van der Waals surface area contributed by atoms with Crippen molar-refractivity contribution in [1.29, 1.82) is 0 Å². The zero-order valence-corrected chi connectivity index (χ0v) is 14.8. The second-order valence-electron chi connectivity index (χ2n) is 8.60. The van der Waals surface area contributed by atoms with Crippen LogP contribution < -0.4 is 0 Å². The maximum atomic E-state index is 13.2. The van der Waals surface area contributed by atoms with Gasteiger partial charge >= 0.3 is 11.9 Å². The van der Waals surface area contributed by atoms with Crippen LogP contribution in [-0.4, -0.2) is 29.8 Å². The van der Waals surface area contributed by atoms with Crippen LogP contribution in [0, 0.1) is 28.6 Å². The lowest BCUT2D eigenvalue weighted by Gasteiger charge is -2.58. The lowest BCUT2D eigenvalue weighted by atomic mass is 9.43. The highest BCUT2D eigenvalue weighted by Gasteiger charge is 2.72. The third kappa shape index (κ3) is 1.81. The molecule has 0 amide bonds. The first kappa shape index (κ1) is 16.4. The summed E-state index contributed by atoms with van der Waals surface area (Å²) in [6.07, 6.45) is 5.77. The van der Waals surface area contributed by atoms with E-state index in [1.54, 1.807) is 12.5 Å². The second-order valence-corrected chi connectivity index (χ2v) is 8.60. The van der Waals surface area contributed by atoms with E-state index in [0.29, 0.717) is 12.8 Å². The van der Waals surface area contributed by atoms with E-state index in [0.717, 1.165) is 24.8 Å². The summed E-state index contributed by atoms with van der Waals surface area (Å²) in [5, 5.41) is 11.0. The SMILES string of the molecule is CC1CC(O)[C@@]23COC(=O)[C@@H]2CCCC3[C@@]12CC(c1ccoc1)OC2=O. The van der Waals surface area contributed by atoms with E-state index in [1.807, 2.05) is 13.0 Å². The summed E-state index contributed by atoms with van der Waals surface area (Å²) >= 11 is 0. The predicted octanol–water partition coefficient (Wildman–Crippen LogP) is 2.61. The molecular formula is C20H24O6. The lowest BCUT2D eigenvalue weighted by molar-refractivity contribution is -0.191. The van der Waals surface area contributed by atoms with Gasteiger partial charge < -0.3 is 19.0 Å². The third-order valence-corrected chi connectivity index (χ3v) is 7.80. The molecule has 2 aliphatic heterocycles. The van der Waals surface area contributed by atoms with E-state index in [2.05, 4.69) is 0 Å². The van der Waals surface area contributed by atoms with Crippen molar-refractivity contribution in [2.24, 2.45) is 28.6 Å². The molecule has 2 saturated carbocycles. The fraction of sp³-hybridized carbons (Fsp3) is 0.700. The highest BCUT2D eigenvalue weighted by molar-refractivity contribution is 5.82. The molecule has 6 heteroatoms. The van der Waals surface area contributed by atoms with Gasteiger partial charge in [-0.3, -0.25) is 9.59 Å².